The molecular formula is C10H9Cl2NO2. The van der Waals surface area contributed by atoms with Crippen LogP contribution in [0.25, 0.3) is 0 Å². The summed E-state index contributed by atoms with van der Waals surface area (Å²) in [5.74, 6) is 0. The van der Waals surface area contributed by atoms with Gasteiger partial charge in [0, 0.05) is 22.0 Å². The molecule has 1 aromatic carbocycles. The molecule has 1 aliphatic rings. The van der Waals surface area contributed by atoms with Crippen LogP contribution in [-0.2, 0) is 4.74 Å². The number of benzene rings is 1. The summed E-state index contributed by atoms with van der Waals surface area (Å²) in [6.45, 7) is 0.387. The Morgan fingerprint density at radius 1 is 1.33 bits per heavy atom. The third kappa shape index (κ3) is 2.19. The molecule has 1 N–H and O–H groups in total. The number of rotatable bonds is 1. The highest BCUT2D eigenvalue weighted by atomic mass is 35.5. The zero-order chi connectivity index (χ0) is 10.8. The first-order valence-corrected chi connectivity index (χ1v) is 5.31. The Morgan fingerprint density at radius 2 is 2.00 bits per heavy atom. The number of carbonyl (C=O) groups is 1. The Labute approximate surface area is 97.3 Å². The van der Waals surface area contributed by atoms with Gasteiger partial charge in [0.25, 0.3) is 0 Å². The minimum atomic E-state index is -0.428. The van der Waals surface area contributed by atoms with Crippen molar-refractivity contribution >= 4 is 29.3 Å². The smallest absolute Gasteiger partial charge is 0.407 e. The number of halogens is 2. The van der Waals surface area contributed by atoms with Gasteiger partial charge in [0.15, 0.2) is 0 Å². The van der Waals surface area contributed by atoms with Gasteiger partial charge in [0.1, 0.15) is 0 Å². The normalized spacial score (nSPS) is 20.7. The fourth-order valence-corrected chi connectivity index (χ4v) is 2.25. The van der Waals surface area contributed by atoms with E-state index in [2.05, 4.69) is 5.32 Å². The van der Waals surface area contributed by atoms with Gasteiger partial charge < -0.3 is 10.1 Å². The summed E-state index contributed by atoms with van der Waals surface area (Å²) in [5.41, 5.74) is 0.762. The van der Waals surface area contributed by atoms with Crippen LogP contribution in [0.15, 0.2) is 18.2 Å². The molecule has 0 radical (unpaired) electrons. The molecule has 0 bridgehead atoms. The molecule has 1 amide bonds. The summed E-state index contributed by atoms with van der Waals surface area (Å²) in [5, 5.41) is 3.81. The lowest BCUT2D eigenvalue weighted by Crippen LogP contribution is -2.35. The summed E-state index contributed by atoms with van der Waals surface area (Å²) >= 11 is 12.1. The van der Waals surface area contributed by atoms with Crippen molar-refractivity contribution in [1.82, 2.24) is 5.32 Å². The average molecular weight is 246 g/mol. The average Bonchev–Trinajstić information content (AvgIpc) is 2.17. The summed E-state index contributed by atoms with van der Waals surface area (Å²) in [6.07, 6.45) is 0.247. The molecule has 80 valence electrons. The van der Waals surface area contributed by atoms with Crippen molar-refractivity contribution in [2.24, 2.45) is 0 Å². The molecule has 1 fully saturated rings. The van der Waals surface area contributed by atoms with Gasteiger partial charge in [-0.15, -0.1) is 0 Å². The maximum atomic E-state index is 11.0. The Kier molecular flexibility index (Phi) is 3.03. The molecule has 0 aromatic heterocycles. The van der Waals surface area contributed by atoms with E-state index in [9.17, 15) is 4.79 Å². The minimum absolute atomic E-state index is 0.160. The van der Waals surface area contributed by atoms with E-state index < -0.39 is 6.09 Å². The summed E-state index contributed by atoms with van der Waals surface area (Å²) in [6, 6.07) is 5.12. The predicted molar refractivity (Wildman–Crippen MR) is 58.3 cm³/mol. The molecule has 0 unspecified atom stereocenters. The highest BCUT2D eigenvalue weighted by Gasteiger charge is 2.24. The number of alkyl carbamates (subject to hydrolysis) is 1. The van der Waals surface area contributed by atoms with Crippen molar-refractivity contribution in [2.45, 2.75) is 12.5 Å². The van der Waals surface area contributed by atoms with Crippen molar-refractivity contribution in [2.75, 3.05) is 6.61 Å². The van der Waals surface area contributed by atoms with Gasteiger partial charge in [0.2, 0.25) is 0 Å². The first-order valence-electron chi connectivity index (χ1n) is 4.55. The molecule has 1 saturated heterocycles. The number of ether oxygens (including phenoxy) is 1. The fraction of sp³-hybridized carbons (Fsp3) is 0.300. The van der Waals surface area contributed by atoms with Gasteiger partial charge in [0.05, 0.1) is 12.6 Å². The van der Waals surface area contributed by atoms with E-state index in [4.69, 9.17) is 27.9 Å². The van der Waals surface area contributed by atoms with E-state index in [1.165, 1.54) is 0 Å². The van der Waals surface area contributed by atoms with Crippen molar-refractivity contribution < 1.29 is 9.53 Å². The summed E-state index contributed by atoms with van der Waals surface area (Å²) in [7, 11) is 0. The highest BCUT2D eigenvalue weighted by molar-refractivity contribution is 6.36. The number of amides is 1. The lowest BCUT2D eigenvalue weighted by atomic mass is 10.0. The monoisotopic (exact) mass is 245 g/mol. The van der Waals surface area contributed by atoms with Crippen molar-refractivity contribution in [1.29, 1.82) is 0 Å². The number of hydrogen-bond donors (Lipinski definition) is 1. The molecule has 0 aliphatic carbocycles. The topological polar surface area (TPSA) is 38.3 Å². The second-order valence-corrected chi connectivity index (χ2v) is 4.07. The zero-order valence-electron chi connectivity index (χ0n) is 7.80. The van der Waals surface area contributed by atoms with Crippen LogP contribution in [0, 0.1) is 0 Å². The third-order valence-corrected chi connectivity index (χ3v) is 2.94. The van der Waals surface area contributed by atoms with Crippen LogP contribution in [-0.4, -0.2) is 12.7 Å². The second-order valence-electron chi connectivity index (χ2n) is 3.26. The van der Waals surface area contributed by atoms with Gasteiger partial charge in [-0.1, -0.05) is 29.3 Å². The number of hydrogen-bond acceptors (Lipinski definition) is 2. The lowest BCUT2D eigenvalue weighted by Gasteiger charge is -2.25. The predicted octanol–water partition coefficient (Wildman–Crippen LogP) is 3.16. The Balaban J connectivity index is 2.32. The number of cyclic esters (lactones) is 1. The van der Waals surface area contributed by atoms with Gasteiger partial charge in [-0.05, 0) is 12.1 Å². The molecule has 15 heavy (non-hydrogen) atoms. The molecule has 2 rings (SSSR count). The maximum Gasteiger partial charge on any atom is 0.407 e. The Hall–Kier alpha value is -0.930. The Morgan fingerprint density at radius 3 is 2.60 bits per heavy atom. The van der Waals surface area contributed by atoms with Crippen LogP contribution in [0.4, 0.5) is 4.79 Å². The van der Waals surface area contributed by atoms with Gasteiger partial charge >= 0.3 is 6.09 Å². The first kappa shape index (κ1) is 10.6. The van der Waals surface area contributed by atoms with E-state index in [0.29, 0.717) is 23.1 Å². The SMILES string of the molecule is O=C1N[C@@H](c2c(Cl)cccc2Cl)CCO1. The van der Waals surface area contributed by atoms with Crippen LogP contribution < -0.4 is 5.32 Å². The van der Waals surface area contributed by atoms with E-state index in [0.717, 1.165) is 5.56 Å². The molecule has 0 spiro atoms. The number of carbonyl (C=O) groups excluding carboxylic acids is 1. The molecule has 1 aliphatic heterocycles. The van der Waals surface area contributed by atoms with Crippen LogP contribution in [0.1, 0.15) is 18.0 Å². The van der Waals surface area contributed by atoms with Crippen LogP contribution in [0.3, 0.4) is 0 Å². The van der Waals surface area contributed by atoms with E-state index in [1.54, 1.807) is 18.2 Å². The van der Waals surface area contributed by atoms with E-state index in [1.807, 2.05) is 0 Å². The minimum Gasteiger partial charge on any atom is -0.449 e. The Bertz CT molecular complexity index is 375. The molecule has 1 heterocycles. The molecule has 0 saturated carbocycles. The molecule has 1 aromatic rings. The van der Waals surface area contributed by atoms with E-state index in [-0.39, 0.29) is 6.04 Å². The van der Waals surface area contributed by atoms with Crippen molar-refractivity contribution in [3.8, 4) is 0 Å². The van der Waals surface area contributed by atoms with Gasteiger partial charge in [-0.2, -0.15) is 0 Å². The maximum absolute atomic E-state index is 11.0. The highest BCUT2D eigenvalue weighted by Crippen LogP contribution is 2.32. The number of nitrogens with one attached hydrogen (secondary N) is 1. The third-order valence-electron chi connectivity index (χ3n) is 2.28. The van der Waals surface area contributed by atoms with Crippen molar-refractivity contribution in [3.63, 3.8) is 0 Å². The van der Waals surface area contributed by atoms with Crippen molar-refractivity contribution in [3.05, 3.63) is 33.8 Å². The van der Waals surface area contributed by atoms with Gasteiger partial charge in [-0.3, -0.25) is 0 Å². The van der Waals surface area contributed by atoms with Crippen LogP contribution in [0.5, 0.6) is 0 Å². The van der Waals surface area contributed by atoms with Gasteiger partial charge in [-0.25, -0.2) is 4.79 Å². The summed E-state index contributed by atoms with van der Waals surface area (Å²) in [4.78, 5) is 11.0. The van der Waals surface area contributed by atoms with Crippen LogP contribution >= 0.6 is 23.2 Å². The quantitative estimate of drug-likeness (QED) is 0.826. The second kappa shape index (κ2) is 4.29. The molecule has 1 atom stereocenters. The molecular weight excluding hydrogens is 237 g/mol. The molecule has 3 nitrogen and oxygen atoms in total. The standard InChI is InChI=1S/C10H9Cl2NO2/c11-6-2-1-3-7(12)9(6)8-4-5-15-10(14)13-8/h1-3,8H,4-5H2,(H,13,14)/t8-/m1/s1. The van der Waals surface area contributed by atoms with Crippen LogP contribution in [0.2, 0.25) is 10.0 Å². The zero-order valence-corrected chi connectivity index (χ0v) is 9.31. The largest absolute Gasteiger partial charge is 0.449 e. The summed E-state index contributed by atoms with van der Waals surface area (Å²) < 4.78 is 4.77. The fourth-order valence-electron chi connectivity index (χ4n) is 1.59. The molecule has 5 heteroatoms. The van der Waals surface area contributed by atoms with E-state index >= 15 is 0 Å². The lowest BCUT2D eigenvalue weighted by molar-refractivity contribution is 0.115. The first-order chi connectivity index (χ1) is 7.18.